The maximum absolute atomic E-state index is 9.14. The molecule has 1 aromatic carbocycles. The molecule has 0 amide bonds. The molecule has 0 unspecified atom stereocenters. The van der Waals surface area contributed by atoms with Gasteiger partial charge >= 0.3 is 0 Å². The van der Waals surface area contributed by atoms with Crippen molar-refractivity contribution in [3.63, 3.8) is 0 Å². The summed E-state index contributed by atoms with van der Waals surface area (Å²) in [5.41, 5.74) is 3.08. The van der Waals surface area contributed by atoms with Crippen LogP contribution in [0.3, 0.4) is 0 Å². The van der Waals surface area contributed by atoms with Gasteiger partial charge in [0.25, 0.3) is 0 Å². The molecule has 0 spiro atoms. The van der Waals surface area contributed by atoms with Gasteiger partial charge in [0, 0.05) is 11.8 Å². The third-order valence-electron chi connectivity index (χ3n) is 2.35. The smallest absolute Gasteiger partial charge is 0.102 e. The summed E-state index contributed by atoms with van der Waals surface area (Å²) in [6.45, 7) is 0. The van der Waals surface area contributed by atoms with Gasteiger partial charge in [0.05, 0.1) is 17.1 Å². The van der Waals surface area contributed by atoms with Gasteiger partial charge in [-0.3, -0.25) is 4.98 Å². The molecule has 78 valence electrons. The topological polar surface area (TPSA) is 36.7 Å². The van der Waals surface area contributed by atoms with Crippen molar-refractivity contribution in [3.8, 4) is 17.2 Å². The highest BCUT2D eigenvalue weighted by Gasteiger charge is 2.09. The second kappa shape index (κ2) is 4.78. The van der Waals surface area contributed by atoms with Crippen LogP contribution >= 0.6 is 11.6 Å². The number of rotatable bonds is 2. The molecule has 0 radical (unpaired) electrons. The van der Waals surface area contributed by atoms with Crippen LogP contribution in [0.2, 0.25) is 0 Å². The number of hydrogen-bond donors (Lipinski definition) is 0. The van der Waals surface area contributed by atoms with E-state index in [1.165, 1.54) is 0 Å². The van der Waals surface area contributed by atoms with E-state index in [2.05, 4.69) is 11.1 Å². The number of halogens is 1. The average molecular weight is 229 g/mol. The van der Waals surface area contributed by atoms with Gasteiger partial charge in [-0.15, -0.1) is 11.6 Å². The Balaban J connectivity index is 2.63. The predicted molar refractivity (Wildman–Crippen MR) is 63.9 cm³/mol. The van der Waals surface area contributed by atoms with Crippen molar-refractivity contribution < 1.29 is 0 Å². The molecule has 2 nitrogen and oxygen atoms in total. The summed E-state index contributed by atoms with van der Waals surface area (Å²) in [4.78, 5) is 4.10. The first-order chi connectivity index (χ1) is 7.86. The molecule has 0 atom stereocenters. The molecule has 2 rings (SSSR count). The van der Waals surface area contributed by atoms with Crippen molar-refractivity contribution in [2.24, 2.45) is 0 Å². The number of hydrogen-bond acceptors (Lipinski definition) is 2. The second-order valence-electron chi connectivity index (χ2n) is 3.29. The lowest BCUT2D eigenvalue weighted by molar-refractivity contribution is 1.15. The van der Waals surface area contributed by atoms with Gasteiger partial charge in [-0.2, -0.15) is 5.26 Å². The number of alkyl halides is 1. The van der Waals surface area contributed by atoms with E-state index < -0.39 is 0 Å². The standard InChI is InChI=1S/C13H9ClN2/c14-8-13-12(9-15)11(6-7-16-13)10-4-2-1-3-5-10/h1-7H,8H2. The number of benzene rings is 1. The maximum Gasteiger partial charge on any atom is 0.102 e. The molecular formula is C13H9ClN2. The Morgan fingerprint density at radius 1 is 1.19 bits per heavy atom. The Morgan fingerprint density at radius 2 is 1.94 bits per heavy atom. The SMILES string of the molecule is N#Cc1c(-c2ccccc2)ccnc1CCl. The van der Waals surface area contributed by atoms with Gasteiger partial charge in [0.15, 0.2) is 0 Å². The molecule has 3 heteroatoms. The predicted octanol–water partition coefficient (Wildman–Crippen LogP) is 3.36. The van der Waals surface area contributed by atoms with Crippen LogP contribution in [0.15, 0.2) is 42.6 Å². The summed E-state index contributed by atoms with van der Waals surface area (Å²) in [6, 6.07) is 13.8. The van der Waals surface area contributed by atoms with E-state index in [0.717, 1.165) is 11.1 Å². The molecule has 2 aromatic rings. The number of aromatic nitrogens is 1. The molecule has 0 aliphatic rings. The minimum atomic E-state index is 0.254. The van der Waals surface area contributed by atoms with Gasteiger partial charge in [-0.05, 0) is 11.6 Å². The van der Waals surface area contributed by atoms with E-state index >= 15 is 0 Å². The number of pyridine rings is 1. The highest BCUT2D eigenvalue weighted by atomic mass is 35.5. The first-order valence-electron chi connectivity index (χ1n) is 4.86. The molecular weight excluding hydrogens is 220 g/mol. The first-order valence-corrected chi connectivity index (χ1v) is 5.39. The summed E-state index contributed by atoms with van der Waals surface area (Å²) in [7, 11) is 0. The molecule has 16 heavy (non-hydrogen) atoms. The second-order valence-corrected chi connectivity index (χ2v) is 3.56. The van der Waals surface area contributed by atoms with Crippen LogP contribution in [-0.4, -0.2) is 4.98 Å². The molecule has 1 aromatic heterocycles. The van der Waals surface area contributed by atoms with Crippen molar-refractivity contribution in [2.75, 3.05) is 0 Å². The molecule has 0 saturated carbocycles. The fourth-order valence-electron chi connectivity index (χ4n) is 1.59. The van der Waals surface area contributed by atoms with Crippen LogP contribution in [0.25, 0.3) is 11.1 Å². The van der Waals surface area contributed by atoms with Crippen molar-refractivity contribution in [1.29, 1.82) is 5.26 Å². The van der Waals surface area contributed by atoms with Crippen LogP contribution in [0.1, 0.15) is 11.3 Å². The van der Waals surface area contributed by atoms with E-state index in [9.17, 15) is 0 Å². The molecule has 0 bridgehead atoms. The largest absolute Gasteiger partial charge is 0.259 e. The lowest BCUT2D eigenvalue weighted by Crippen LogP contribution is -1.94. The summed E-state index contributed by atoms with van der Waals surface area (Å²) in [6.07, 6.45) is 1.68. The molecule has 0 saturated heterocycles. The summed E-state index contributed by atoms with van der Waals surface area (Å²) >= 11 is 5.76. The Bertz CT molecular complexity index is 529. The van der Waals surface area contributed by atoms with Gasteiger partial charge in [-0.25, -0.2) is 0 Å². The van der Waals surface area contributed by atoms with Gasteiger partial charge in [0.1, 0.15) is 6.07 Å². The lowest BCUT2D eigenvalue weighted by Gasteiger charge is -2.06. The third kappa shape index (κ3) is 1.91. The Morgan fingerprint density at radius 3 is 2.56 bits per heavy atom. The Kier molecular flexibility index (Phi) is 3.19. The van der Waals surface area contributed by atoms with Crippen LogP contribution in [-0.2, 0) is 5.88 Å². The molecule has 0 N–H and O–H groups in total. The highest BCUT2D eigenvalue weighted by Crippen LogP contribution is 2.24. The van der Waals surface area contributed by atoms with Gasteiger partial charge in [0.2, 0.25) is 0 Å². The average Bonchev–Trinajstić information content (AvgIpc) is 2.38. The zero-order chi connectivity index (χ0) is 11.4. The van der Waals surface area contributed by atoms with E-state index in [1.807, 2.05) is 36.4 Å². The quantitative estimate of drug-likeness (QED) is 0.739. The minimum Gasteiger partial charge on any atom is -0.259 e. The van der Waals surface area contributed by atoms with E-state index in [-0.39, 0.29) is 5.88 Å². The monoisotopic (exact) mass is 228 g/mol. The summed E-state index contributed by atoms with van der Waals surface area (Å²) < 4.78 is 0. The fraction of sp³-hybridized carbons (Fsp3) is 0.0769. The Labute approximate surface area is 99.1 Å². The zero-order valence-corrected chi connectivity index (χ0v) is 9.28. The van der Waals surface area contributed by atoms with E-state index in [0.29, 0.717) is 11.3 Å². The zero-order valence-electron chi connectivity index (χ0n) is 8.52. The minimum absolute atomic E-state index is 0.254. The van der Waals surface area contributed by atoms with E-state index in [1.54, 1.807) is 6.20 Å². The normalized spacial score (nSPS) is 9.75. The number of nitriles is 1. The fourth-order valence-corrected chi connectivity index (χ4v) is 1.79. The van der Waals surface area contributed by atoms with Crippen molar-refractivity contribution in [2.45, 2.75) is 5.88 Å². The first kappa shape index (κ1) is 10.7. The van der Waals surface area contributed by atoms with E-state index in [4.69, 9.17) is 16.9 Å². The van der Waals surface area contributed by atoms with Crippen LogP contribution in [0, 0.1) is 11.3 Å². The molecule has 0 aliphatic heterocycles. The molecule has 0 aliphatic carbocycles. The van der Waals surface area contributed by atoms with Gasteiger partial charge < -0.3 is 0 Å². The molecule has 0 fully saturated rings. The van der Waals surface area contributed by atoms with Crippen LogP contribution in [0.4, 0.5) is 0 Å². The number of nitrogens with zero attached hydrogens (tertiary/aromatic N) is 2. The van der Waals surface area contributed by atoms with Crippen molar-refractivity contribution >= 4 is 11.6 Å². The van der Waals surface area contributed by atoms with Crippen molar-refractivity contribution in [1.82, 2.24) is 4.98 Å². The van der Waals surface area contributed by atoms with Crippen molar-refractivity contribution in [3.05, 3.63) is 53.9 Å². The highest BCUT2D eigenvalue weighted by molar-refractivity contribution is 6.17. The third-order valence-corrected chi connectivity index (χ3v) is 2.61. The van der Waals surface area contributed by atoms with Gasteiger partial charge in [-0.1, -0.05) is 30.3 Å². The summed E-state index contributed by atoms with van der Waals surface area (Å²) in [5, 5.41) is 9.14. The lowest BCUT2D eigenvalue weighted by atomic mass is 10.0. The Hall–Kier alpha value is -1.85. The molecule has 1 heterocycles. The van der Waals surface area contributed by atoms with Crippen LogP contribution in [0.5, 0.6) is 0 Å². The van der Waals surface area contributed by atoms with Crippen LogP contribution < -0.4 is 0 Å². The summed E-state index contributed by atoms with van der Waals surface area (Å²) in [5.74, 6) is 0.254. The maximum atomic E-state index is 9.14.